The standard InChI is InChI=1S/C7H6Cl2N2O.ClH/c8-3-7(12)11-5-1-2-6(9)10-4-5;/h1-2,4H,3H2,(H,11,12);1H. The number of aromatic nitrogens is 1. The Morgan fingerprint density at radius 2 is 2.23 bits per heavy atom. The van der Waals surface area contributed by atoms with Crippen molar-refractivity contribution in [2.24, 2.45) is 0 Å². The number of alkyl halides is 1. The topological polar surface area (TPSA) is 42.0 Å². The number of hydrogen-bond donors (Lipinski definition) is 1. The summed E-state index contributed by atoms with van der Waals surface area (Å²) in [4.78, 5) is 14.5. The molecular weight excluding hydrogens is 234 g/mol. The van der Waals surface area contributed by atoms with Crippen molar-refractivity contribution in [1.82, 2.24) is 4.98 Å². The molecule has 0 unspecified atom stereocenters. The van der Waals surface area contributed by atoms with Crippen molar-refractivity contribution < 1.29 is 4.79 Å². The zero-order valence-corrected chi connectivity index (χ0v) is 8.79. The normalized spacial score (nSPS) is 8.77. The average Bonchev–Trinajstić information content (AvgIpc) is 2.09. The van der Waals surface area contributed by atoms with Crippen LogP contribution < -0.4 is 5.32 Å². The van der Waals surface area contributed by atoms with Crippen LogP contribution in [0.15, 0.2) is 18.3 Å². The number of anilines is 1. The van der Waals surface area contributed by atoms with Crippen molar-refractivity contribution >= 4 is 47.2 Å². The van der Waals surface area contributed by atoms with E-state index in [0.717, 1.165) is 0 Å². The first-order valence-corrected chi connectivity index (χ1v) is 4.11. The molecule has 3 nitrogen and oxygen atoms in total. The molecule has 0 aliphatic carbocycles. The highest BCUT2D eigenvalue weighted by atomic mass is 35.5. The lowest BCUT2D eigenvalue weighted by Gasteiger charge is -2.00. The Bertz CT molecular complexity index is 276. The smallest absolute Gasteiger partial charge is 0.239 e. The van der Waals surface area contributed by atoms with Gasteiger partial charge in [-0.1, -0.05) is 11.6 Å². The highest BCUT2D eigenvalue weighted by Gasteiger charge is 1.98. The summed E-state index contributed by atoms with van der Waals surface area (Å²) < 4.78 is 0. The zero-order valence-electron chi connectivity index (χ0n) is 6.46. The fourth-order valence-corrected chi connectivity index (χ4v) is 0.823. The summed E-state index contributed by atoms with van der Waals surface area (Å²) in [6, 6.07) is 3.24. The molecule has 6 heteroatoms. The fourth-order valence-electron chi connectivity index (χ4n) is 0.644. The van der Waals surface area contributed by atoms with Crippen LogP contribution in [-0.2, 0) is 4.79 Å². The van der Waals surface area contributed by atoms with Gasteiger partial charge in [0.25, 0.3) is 0 Å². The summed E-state index contributed by atoms with van der Waals surface area (Å²) in [6.07, 6.45) is 1.47. The first kappa shape index (κ1) is 12.5. The molecule has 1 N–H and O–H groups in total. The van der Waals surface area contributed by atoms with Crippen LogP contribution >= 0.6 is 35.6 Å². The number of carbonyl (C=O) groups excluding carboxylic acids is 1. The Labute approximate surface area is 91.9 Å². The molecule has 1 heterocycles. The Kier molecular flexibility index (Phi) is 5.79. The van der Waals surface area contributed by atoms with Crippen LogP contribution in [0.3, 0.4) is 0 Å². The van der Waals surface area contributed by atoms with Crippen molar-refractivity contribution in [1.29, 1.82) is 0 Å². The molecule has 1 amide bonds. The minimum Gasteiger partial charge on any atom is -0.324 e. The fraction of sp³-hybridized carbons (Fsp3) is 0.143. The number of amides is 1. The van der Waals surface area contributed by atoms with Gasteiger partial charge in [-0.2, -0.15) is 0 Å². The molecule has 0 radical (unpaired) electrons. The molecule has 0 saturated carbocycles. The lowest BCUT2D eigenvalue weighted by molar-refractivity contribution is -0.113. The third-order valence-corrected chi connectivity index (χ3v) is 1.60. The molecule has 0 bridgehead atoms. The van der Waals surface area contributed by atoms with Crippen molar-refractivity contribution in [3.8, 4) is 0 Å². The lowest BCUT2D eigenvalue weighted by atomic mass is 10.4. The van der Waals surface area contributed by atoms with Crippen molar-refractivity contribution in [3.63, 3.8) is 0 Å². The second-order valence-electron chi connectivity index (χ2n) is 2.05. The van der Waals surface area contributed by atoms with E-state index < -0.39 is 0 Å². The second kappa shape index (κ2) is 6.02. The predicted octanol–water partition coefficient (Wildman–Crippen LogP) is 2.33. The molecular formula is C7H7Cl3N2O. The van der Waals surface area contributed by atoms with E-state index in [1.165, 1.54) is 6.20 Å². The van der Waals surface area contributed by atoms with Crippen molar-refractivity contribution in [2.45, 2.75) is 0 Å². The molecule has 0 aromatic carbocycles. The molecule has 1 aromatic heterocycles. The third-order valence-electron chi connectivity index (χ3n) is 1.13. The summed E-state index contributed by atoms with van der Waals surface area (Å²) in [5.74, 6) is -0.330. The number of nitrogens with zero attached hydrogens (tertiary/aromatic N) is 1. The second-order valence-corrected chi connectivity index (χ2v) is 2.71. The van der Waals surface area contributed by atoms with Crippen LogP contribution in [0.25, 0.3) is 0 Å². The monoisotopic (exact) mass is 240 g/mol. The van der Waals surface area contributed by atoms with Crippen LogP contribution in [0.1, 0.15) is 0 Å². The Morgan fingerprint density at radius 3 is 2.69 bits per heavy atom. The SMILES string of the molecule is Cl.O=C(CCl)Nc1ccc(Cl)nc1. The molecule has 0 spiro atoms. The molecule has 0 saturated heterocycles. The van der Waals surface area contributed by atoms with Gasteiger partial charge in [-0.3, -0.25) is 4.79 Å². The van der Waals surface area contributed by atoms with Gasteiger partial charge in [-0.15, -0.1) is 24.0 Å². The maximum Gasteiger partial charge on any atom is 0.239 e. The van der Waals surface area contributed by atoms with Crippen LogP contribution in [0.4, 0.5) is 5.69 Å². The van der Waals surface area contributed by atoms with E-state index in [9.17, 15) is 4.79 Å². The molecule has 72 valence electrons. The minimum absolute atomic E-state index is 0. The number of pyridine rings is 1. The Hall–Kier alpha value is -0.510. The van der Waals surface area contributed by atoms with Crippen LogP contribution in [0.5, 0.6) is 0 Å². The predicted molar refractivity (Wildman–Crippen MR) is 55.8 cm³/mol. The van der Waals surface area contributed by atoms with E-state index in [-0.39, 0.29) is 24.2 Å². The average molecular weight is 242 g/mol. The molecule has 0 fully saturated rings. The summed E-state index contributed by atoms with van der Waals surface area (Å²) in [5, 5.41) is 2.91. The van der Waals surface area contributed by atoms with Crippen LogP contribution in [0, 0.1) is 0 Å². The van der Waals surface area contributed by atoms with Gasteiger partial charge in [0, 0.05) is 0 Å². The quantitative estimate of drug-likeness (QED) is 0.638. The van der Waals surface area contributed by atoms with Gasteiger partial charge in [0.1, 0.15) is 11.0 Å². The Morgan fingerprint density at radius 1 is 1.54 bits per heavy atom. The summed E-state index contributed by atoms with van der Waals surface area (Å²) in [6.45, 7) is 0. The molecule has 13 heavy (non-hydrogen) atoms. The zero-order chi connectivity index (χ0) is 8.97. The number of carbonyl (C=O) groups is 1. The van der Waals surface area contributed by atoms with Gasteiger partial charge in [0.15, 0.2) is 0 Å². The maximum atomic E-state index is 10.8. The van der Waals surface area contributed by atoms with E-state index in [1.807, 2.05) is 0 Å². The molecule has 0 atom stereocenters. The van der Waals surface area contributed by atoms with Gasteiger partial charge in [0.05, 0.1) is 11.9 Å². The summed E-state index contributed by atoms with van der Waals surface area (Å²) in [7, 11) is 0. The molecule has 0 aliphatic rings. The summed E-state index contributed by atoms with van der Waals surface area (Å²) in [5.41, 5.74) is 0.588. The van der Waals surface area contributed by atoms with Crippen LogP contribution in [-0.4, -0.2) is 16.8 Å². The molecule has 1 aromatic rings. The van der Waals surface area contributed by atoms with Crippen molar-refractivity contribution in [2.75, 3.05) is 11.2 Å². The minimum atomic E-state index is -0.263. The summed E-state index contributed by atoms with van der Waals surface area (Å²) >= 11 is 10.8. The van der Waals surface area contributed by atoms with E-state index in [0.29, 0.717) is 10.8 Å². The highest BCUT2D eigenvalue weighted by molar-refractivity contribution is 6.29. The van der Waals surface area contributed by atoms with Crippen LogP contribution in [0.2, 0.25) is 5.15 Å². The first-order chi connectivity index (χ1) is 5.72. The lowest BCUT2D eigenvalue weighted by Crippen LogP contribution is -2.12. The largest absolute Gasteiger partial charge is 0.324 e. The van der Waals surface area contributed by atoms with E-state index in [1.54, 1.807) is 12.1 Å². The Balaban J connectivity index is 0.00000144. The van der Waals surface area contributed by atoms with Gasteiger partial charge in [0.2, 0.25) is 5.91 Å². The van der Waals surface area contributed by atoms with Gasteiger partial charge in [-0.05, 0) is 12.1 Å². The van der Waals surface area contributed by atoms with E-state index in [4.69, 9.17) is 23.2 Å². The van der Waals surface area contributed by atoms with Gasteiger partial charge < -0.3 is 5.32 Å². The maximum absolute atomic E-state index is 10.8. The van der Waals surface area contributed by atoms with E-state index in [2.05, 4.69) is 10.3 Å². The highest BCUT2D eigenvalue weighted by Crippen LogP contribution is 2.09. The van der Waals surface area contributed by atoms with Crippen molar-refractivity contribution in [3.05, 3.63) is 23.5 Å². The van der Waals surface area contributed by atoms with E-state index >= 15 is 0 Å². The number of nitrogens with one attached hydrogen (secondary N) is 1. The number of hydrogen-bond acceptors (Lipinski definition) is 2. The molecule has 1 rings (SSSR count). The number of rotatable bonds is 2. The van der Waals surface area contributed by atoms with Gasteiger partial charge in [-0.25, -0.2) is 4.98 Å². The number of halogens is 3. The first-order valence-electron chi connectivity index (χ1n) is 3.20. The third kappa shape index (κ3) is 4.31. The molecule has 0 aliphatic heterocycles. The van der Waals surface area contributed by atoms with Gasteiger partial charge >= 0.3 is 0 Å².